The molecule has 0 saturated carbocycles. The quantitative estimate of drug-likeness (QED) is 0.187. The van der Waals surface area contributed by atoms with Crippen molar-refractivity contribution >= 4 is 35.8 Å². The number of methoxy groups -OCH3 is 1. The Morgan fingerprint density at radius 2 is 1.97 bits per heavy atom. The summed E-state index contributed by atoms with van der Waals surface area (Å²) in [5.74, 6) is 1.40. The summed E-state index contributed by atoms with van der Waals surface area (Å²) in [6, 6.07) is 8.35. The van der Waals surface area contributed by atoms with Gasteiger partial charge in [-0.25, -0.2) is 4.99 Å². The van der Waals surface area contributed by atoms with Gasteiger partial charge in [-0.05, 0) is 57.4 Å². The molecule has 1 saturated heterocycles. The number of nitrogens with zero attached hydrogens (tertiary/aromatic N) is 2. The maximum Gasteiger partial charge on any atom is 0.242 e. The van der Waals surface area contributed by atoms with Crippen molar-refractivity contribution in [1.29, 1.82) is 0 Å². The zero-order valence-corrected chi connectivity index (χ0v) is 20.9. The minimum atomic E-state index is -0.0971. The van der Waals surface area contributed by atoms with Crippen LogP contribution in [0.25, 0.3) is 0 Å². The van der Waals surface area contributed by atoms with Gasteiger partial charge in [-0.2, -0.15) is 0 Å². The maximum absolute atomic E-state index is 12.1. The number of guanidine groups is 1. The first-order valence-corrected chi connectivity index (χ1v) is 10.8. The second-order valence-electron chi connectivity index (χ2n) is 7.48. The Balaban J connectivity index is 0.00000450. The molecule has 1 aromatic carbocycles. The molecule has 0 aliphatic carbocycles. The van der Waals surface area contributed by atoms with Crippen LogP contribution in [0, 0.1) is 0 Å². The molecule has 1 amide bonds. The standard InChI is InChI=1S/C22H37N5O2.HI/c1-4-23-22(24-13-7-15-27-14-6-5-8-18(27)2)26-17-21(28)25-16-19-9-11-20(29-3)12-10-19;/h9-12,18H,4-8,13-17H2,1-3H3,(H,25,28)(H2,23,24,26);1H. The summed E-state index contributed by atoms with van der Waals surface area (Å²) in [5.41, 5.74) is 1.03. The van der Waals surface area contributed by atoms with E-state index >= 15 is 0 Å². The molecule has 0 aromatic heterocycles. The molecule has 2 rings (SSSR count). The highest BCUT2D eigenvalue weighted by Crippen LogP contribution is 2.16. The van der Waals surface area contributed by atoms with Gasteiger partial charge in [-0.15, -0.1) is 24.0 Å². The molecule has 0 radical (unpaired) electrons. The summed E-state index contributed by atoms with van der Waals surface area (Å²) >= 11 is 0. The Hall–Kier alpha value is -1.55. The van der Waals surface area contributed by atoms with E-state index in [1.807, 2.05) is 31.2 Å². The molecule has 1 aliphatic rings. The number of carbonyl (C=O) groups excluding carboxylic acids is 1. The zero-order valence-electron chi connectivity index (χ0n) is 18.6. The number of piperidine rings is 1. The third-order valence-electron chi connectivity index (χ3n) is 5.23. The third-order valence-corrected chi connectivity index (χ3v) is 5.23. The molecule has 1 heterocycles. The van der Waals surface area contributed by atoms with E-state index in [-0.39, 0.29) is 36.4 Å². The van der Waals surface area contributed by atoms with Crippen molar-refractivity contribution in [1.82, 2.24) is 20.9 Å². The van der Waals surface area contributed by atoms with E-state index < -0.39 is 0 Å². The van der Waals surface area contributed by atoms with Crippen LogP contribution in [0.1, 0.15) is 45.1 Å². The molecule has 3 N–H and O–H groups in total. The number of amides is 1. The first-order valence-electron chi connectivity index (χ1n) is 10.8. The van der Waals surface area contributed by atoms with Gasteiger partial charge in [-0.1, -0.05) is 18.6 Å². The lowest BCUT2D eigenvalue weighted by Crippen LogP contribution is -2.41. The summed E-state index contributed by atoms with van der Waals surface area (Å²) in [7, 11) is 1.64. The van der Waals surface area contributed by atoms with Crippen molar-refractivity contribution in [3.8, 4) is 5.75 Å². The lowest BCUT2D eigenvalue weighted by molar-refractivity contribution is -0.119. The van der Waals surface area contributed by atoms with Crippen LogP contribution in [0.3, 0.4) is 0 Å². The fraction of sp³-hybridized carbons (Fsp3) is 0.636. The van der Waals surface area contributed by atoms with Gasteiger partial charge in [0.05, 0.1) is 7.11 Å². The van der Waals surface area contributed by atoms with Crippen LogP contribution in [0.15, 0.2) is 29.3 Å². The lowest BCUT2D eigenvalue weighted by Gasteiger charge is -2.33. The minimum absolute atomic E-state index is 0. The number of hydrogen-bond donors (Lipinski definition) is 3. The number of likely N-dealkylation sites (tertiary alicyclic amines) is 1. The van der Waals surface area contributed by atoms with E-state index in [0.29, 0.717) is 18.5 Å². The van der Waals surface area contributed by atoms with Gasteiger partial charge in [0.25, 0.3) is 0 Å². The smallest absolute Gasteiger partial charge is 0.242 e. The normalized spacial score (nSPS) is 17.0. The number of hydrogen-bond acceptors (Lipinski definition) is 4. The molecule has 0 spiro atoms. The van der Waals surface area contributed by atoms with E-state index in [4.69, 9.17) is 4.74 Å². The first-order chi connectivity index (χ1) is 14.1. The van der Waals surface area contributed by atoms with Crippen molar-refractivity contribution in [2.45, 2.75) is 52.1 Å². The number of benzene rings is 1. The van der Waals surface area contributed by atoms with Crippen molar-refractivity contribution < 1.29 is 9.53 Å². The van der Waals surface area contributed by atoms with Crippen molar-refractivity contribution in [3.05, 3.63) is 29.8 Å². The Kier molecular flexibility index (Phi) is 13.5. The van der Waals surface area contributed by atoms with Gasteiger partial charge in [0.15, 0.2) is 5.96 Å². The molecular weight excluding hydrogens is 493 g/mol. The van der Waals surface area contributed by atoms with Gasteiger partial charge in [0.2, 0.25) is 5.91 Å². The van der Waals surface area contributed by atoms with Gasteiger partial charge in [0.1, 0.15) is 12.3 Å². The molecule has 0 bridgehead atoms. The second kappa shape index (κ2) is 15.3. The third kappa shape index (κ3) is 9.97. The number of rotatable bonds is 10. The highest BCUT2D eigenvalue weighted by Gasteiger charge is 2.17. The number of halogens is 1. The van der Waals surface area contributed by atoms with Crippen LogP contribution in [-0.4, -0.2) is 62.6 Å². The van der Waals surface area contributed by atoms with Crippen LogP contribution in [0.5, 0.6) is 5.75 Å². The van der Waals surface area contributed by atoms with E-state index in [2.05, 4.69) is 32.8 Å². The molecular formula is C22H38IN5O2. The summed E-state index contributed by atoms with van der Waals surface area (Å²) in [4.78, 5) is 19.1. The maximum atomic E-state index is 12.1. The van der Waals surface area contributed by atoms with E-state index in [1.165, 1.54) is 25.8 Å². The molecule has 1 atom stereocenters. The Morgan fingerprint density at radius 1 is 1.20 bits per heavy atom. The van der Waals surface area contributed by atoms with Crippen molar-refractivity contribution in [2.24, 2.45) is 4.99 Å². The topological polar surface area (TPSA) is 78.0 Å². The largest absolute Gasteiger partial charge is 0.497 e. The van der Waals surface area contributed by atoms with E-state index in [0.717, 1.165) is 37.4 Å². The predicted molar refractivity (Wildman–Crippen MR) is 134 cm³/mol. The molecule has 7 nitrogen and oxygen atoms in total. The van der Waals surface area contributed by atoms with Crippen LogP contribution in [-0.2, 0) is 11.3 Å². The van der Waals surface area contributed by atoms with Crippen LogP contribution in [0.2, 0.25) is 0 Å². The highest BCUT2D eigenvalue weighted by molar-refractivity contribution is 14.0. The molecule has 1 aromatic rings. The molecule has 30 heavy (non-hydrogen) atoms. The Bertz CT molecular complexity index is 639. The Labute approximate surface area is 198 Å². The minimum Gasteiger partial charge on any atom is -0.497 e. The number of aliphatic imine (C=N–C) groups is 1. The van der Waals surface area contributed by atoms with Gasteiger partial charge in [-0.3, -0.25) is 4.79 Å². The van der Waals surface area contributed by atoms with Crippen LogP contribution in [0.4, 0.5) is 0 Å². The van der Waals surface area contributed by atoms with E-state index in [9.17, 15) is 4.79 Å². The fourth-order valence-corrected chi connectivity index (χ4v) is 3.47. The zero-order chi connectivity index (χ0) is 20.9. The Morgan fingerprint density at radius 3 is 2.63 bits per heavy atom. The highest BCUT2D eigenvalue weighted by atomic mass is 127. The molecule has 1 unspecified atom stereocenters. The average Bonchev–Trinajstić information content (AvgIpc) is 2.75. The molecule has 8 heteroatoms. The molecule has 170 valence electrons. The number of nitrogens with one attached hydrogen (secondary N) is 3. The average molecular weight is 531 g/mol. The summed E-state index contributed by atoms with van der Waals surface area (Å²) < 4.78 is 5.14. The van der Waals surface area contributed by atoms with Gasteiger partial charge in [0, 0.05) is 32.2 Å². The SMILES string of the molecule is CCNC(=NCC(=O)NCc1ccc(OC)cc1)NCCCN1CCCCC1C.I. The molecule has 1 aliphatic heterocycles. The predicted octanol–water partition coefficient (Wildman–Crippen LogP) is 2.75. The first kappa shape index (κ1) is 26.5. The second-order valence-corrected chi connectivity index (χ2v) is 7.48. The summed E-state index contributed by atoms with van der Waals surface area (Å²) in [6.45, 7) is 8.87. The number of ether oxygens (including phenoxy) is 1. The summed E-state index contributed by atoms with van der Waals surface area (Å²) in [6.07, 6.45) is 5.04. The van der Waals surface area contributed by atoms with Gasteiger partial charge < -0.3 is 25.6 Å². The van der Waals surface area contributed by atoms with Gasteiger partial charge >= 0.3 is 0 Å². The lowest BCUT2D eigenvalue weighted by atomic mass is 10.0. The summed E-state index contributed by atoms with van der Waals surface area (Å²) in [5, 5.41) is 9.44. The van der Waals surface area contributed by atoms with Crippen LogP contribution < -0.4 is 20.7 Å². The fourth-order valence-electron chi connectivity index (χ4n) is 3.47. The number of carbonyl (C=O) groups is 1. The molecule has 1 fully saturated rings. The van der Waals surface area contributed by atoms with E-state index in [1.54, 1.807) is 7.11 Å². The monoisotopic (exact) mass is 531 g/mol. The van der Waals surface area contributed by atoms with Crippen LogP contribution >= 0.6 is 24.0 Å². The van der Waals surface area contributed by atoms with Crippen molar-refractivity contribution in [3.63, 3.8) is 0 Å². The van der Waals surface area contributed by atoms with Crippen molar-refractivity contribution in [2.75, 3.05) is 39.8 Å².